The van der Waals surface area contributed by atoms with Gasteiger partial charge in [0.25, 0.3) is 11.8 Å². The Labute approximate surface area is 187 Å². The third-order valence-corrected chi connectivity index (χ3v) is 6.39. The highest BCUT2D eigenvalue weighted by atomic mass is 35.5. The summed E-state index contributed by atoms with van der Waals surface area (Å²) in [6.45, 7) is 0.561. The molecule has 0 spiro atoms. The van der Waals surface area contributed by atoms with Crippen LogP contribution in [0.15, 0.2) is 41.2 Å². The minimum Gasteiger partial charge on any atom is -0.496 e. The zero-order valence-electron chi connectivity index (χ0n) is 17.0. The number of benzene rings is 2. The Morgan fingerprint density at radius 2 is 1.81 bits per heavy atom. The zero-order valence-corrected chi connectivity index (χ0v) is 18.5. The molecule has 1 aliphatic heterocycles. The molecule has 2 heterocycles. The van der Waals surface area contributed by atoms with Crippen molar-refractivity contribution in [3.8, 4) is 11.5 Å². The number of aromatic nitrogens is 1. The summed E-state index contributed by atoms with van der Waals surface area (Å²) in [6.07, 6.45) is 0.613. The molecule has 0 bridgehead atoms. The second kappa shape index (κ2) is 8.60. The lowest BCUT2D eigenvalue weighted by Crippen LogP contribution is -2.46. The predicted octanol–water partition coefficient (Wildman–Crippen LogP) is 3.02. The van der Waals surface area contributed by atoms with Gasteiger partial charge in [0.15, 0.2) is 5.75 Å². The second-order valence-corrected chi connectivity index (χ2v) is 8.28. The highest BCUT2D eigenvalue weighted by Crippen LogP contribution is 2.37. The van der Waals surface area contributed by atoms with Crippen LogP contribution in [0.5, 0.6) is 11.5 Å². The molecule has 0 aliphatic carbocycles. The molecular weight excluding hydrogens is 442 g/mol. The molecule has 2 amide bonds. The van der Waals surface area contributed by atoms with Crippen molar-refractivity contribution < 1.29 is 19.1 Å². The highest BCUT2D eigenvalue weighted by Gasteiger charge is 2.35. The van der Waals surface area contributed by atoms with Crippen molar-refractivity contribution in [1.29, 1.82) is 0 Å². The van der Waals surface area contributed by atoms with E-state index in [4.69, 9.17) is 21.1 Å². The zero-order chi connectivity index (χ0) is 22.1. The summed E-state index contributed by atoms with van der Waals surface area (Å²) in [6, 6.07) is 10.5. The van der Waals surface area contributed by atoms with Crippen LogP contribution in [0.25, 0.3) is 10.2 Å². The van der Waals surface area contributed by atoms with Crippen LogP contribution >= 0.6 is 22.9 Å². The number of amides is 2. The number of rotatable bonds is 5. The summed E-state index contributed by atoms with van der Waals surface area (Å²) >= 11 is 7.29. The van der Waals surface area contributed by atoms with Gasteiger partial charge in [-0.2, -0.15) is 0 Å². The third-order valence-electron chi connectivity index (χ3n) is 5.13. The summed E-state index contributed by atoms with van der Waals surface area (Å²) in [5.41, 5.74) is 0.844. The molecule has 162 valence electrons. The van der Waals surface area contributed by atoms with E-state index < -0.39 is 5.91 Å². The van der Waals surface area contributed by atoms with Gasteiger partial charge in [-0.3, -0.25) is 19.0 Å². The first kappa shape index (κ1) is 21.2. The Morgan fingerprint density at radius 3 is 2.55 bits per heavy atom. The van der Waals surface area contributed by atoms with Crippen LogP contribution in [0.2, 0.25) is 5.02 Å². The molecule has 0 unspecified atom stereocenters. The standard InChI is InChI=1S/C21H20ClN3O5S/c1-29-15-9-8-13(22)19(30-2)18(15)20(27)25-11-5-10-24(25)17(26)12-23-14-6-3-4-7-16(14)31-21(23)28/h3-4,6-9H,5,10-12H2,1-2H3. The summed E-state index contributed by atoms with van der Waals surface area (Å²) in [5.74, 6) is -0.322. The summed E-state index contributed by atoms with van der Waals surface area (Å²) in [7, 11) is 2.86. The largest absolute Gasteiger partial charge is 0.496 e. The molecule has 0 radical (unpaired) electrons. The van der Waals surface area contributed by atoms with Gasteiger partial charge in [-0.1, -0.05) is 35.1 Å². The summed E-state index contributed by atoms with van der Waals surface area (Å²) < 4.78 is 12.9. The third kappa shape index (κ3) is 3.75. The molecule has 8 nitrogen and oxygen atoms in total. The number of ether oxygens (including phenoxy) is 2. The number of halogens is 1. The number of hydrazine groups is 1. The monoisotopic (exact) mass is 461 g/mol. The minimum absolute atomic E-state index is 0.148. The van der Waals surface area contributed by atoms with Gasteiger partial charge in [-0.15, -0.1) is 0 Å². The average Bonchev–Trinajstić information content (AvgIpc) is 3.38. The molecule has 3 aromatic rings. The highest BCUT2D eigenvalue weighted by molar-refractivity contribution is 7.16. The van der Waals surface area contributed by atoms with E-state index in [9.17, 15) is 14.4 Å². The van der Waals surface area contributed by atoms with Gasteiger partial charge in [0, 0.05) is 13.1 Å². The maximum absolute atomic E-state index is 13.4. The van der Waals surface area contributed by atoms with Gasteiger partial charge in [-0.25, -0.2) is 10.0 Å². The molecule has 0 saturated carbocycles. The topological polar surface area (TPSA) is 81.1 Å². The van der Waals surface area contributed by atoms with Crippen LogP contribution in [0, 0.1) is 0 Å². The Morgan fingerprint density at radius 1 is 1.06 bits per heavy atom. The fourth-order valence-corrected chi connectivity index (χ4v) is 4.83. The SMILES string of the molecule is COc1ccc(Cl)c(OC)c1C(=O)N1CCCN1C(=O)Cn1c(=O)sc2ccccc21. The first-order valence-corrected chi connectivity index (χ1v) is 10.8. The average molecular weight is 462 g/mol. The Balaban J connectivity index is 1.65. The molecule has 0 atom stereocenters. The van der Waals surface area contributed by atoms with Crippen molar-refractivity contribution in [3.63, 3.8) is 0 Å². The van der Waals surface area contributed by atoms with E-state index in [0.29, 0.717) is 30.8 Å². The summed E-state index contributed by atoms with van der Waals surface area (Å²) in [5, 5.41) is 3.00. The Bertz CT molecular complexity index is 1220. The molecule has 1 aliphatic rings. The van der Waals surface area contributed by atoms with Crippen molar-refractivity contribution in [2.24, 2.45) is 0 Å². The minimum atomic E-state index is -0.454. The van der Waals surface area contributed by atoms with Crippen LogP contribution < -0.4 is 14.3 Å². The van der Waals surface area contributed by atoms with Crippen molar-refractivity contribution in [2.45, 2.75) is 13.0 Å². The molecule has 1 aromatic heterocycles. The number of hydrogen-bond donors (Lipinski definition) is 0. The number of thiazole rings is 1. The molecule has 0 N–H and O–H groups in total. The van der Waals surface area contributed by atoms with Gasteiger partial charge < -0.3 is 9.47 Å². The van der Waals surface area contributed by atoms with E-state index in [1.54, 1.807) is 18.2 Å². The van der Waals surface area contributed by atoms with Crippen molar-refractivity contribution in [1.82, 2.24) is 14.6 Å². The fourth-order valence-electron chi connectivity index (χ4n) is 3.70. The van der Waals surface area contributed by atoms with Crippen LogP contribution in [0.4, 0.5) is 0 Å². The van der Waals surface area contributed by atoms with Crippen LogP contribution in [0.1, 0.15) is 16.8 Å². The molecule has 31 heavy (non-hydrogen) atoms. The normalized spacial score (nSPS) is 13.6. The van der Waals surface area contributed by atoms with E-state index in [-0.39, 0.29) is 33.7 Å². The van der Waals surface area contributed by atoms with Crippen LogP contribution in [0.3, 0.4) is 0 Å². The van der Waals surface area contributed by atoms with E-state index in [1.165, 1.54) is 28.8 Å². The molecule has 4 rings (SSSR count). The first-order valence-electron chi connectivity index (χ1n) is 9.57. The molecular formula is C21H20ClN3O5S. The van der Waals surface area contributed by atoms with Crippen LogP contribution in [-0.4, -0.2) is 53.7 Å². The lowest BCUT2D eigenvalue weighted by atomic mass is 10.1. The maximum Gasteiger partial charge on any atom is 0.308 e. The smallest absolute Gasteiger partial charge is 0.308 e. The van der Waals surface area contributed by atoms with E-state index in [0.717, 1.165) is 16.0 Å². The molecule has 1 fully saturated rings. The second-order valence-electron chi connectivity index (χ2n) is 6.88. The molecule has 10 heteroatoms. The summed E-state index contributed by atoms with van der Waals surface area (Å²) in [4.78, 5) is 38.7. The van der Waals surface area contributed by atoms with Gasteiger partial charge >= 0.3 is 4.87 Å². The number of fused-ring (bicyclic) bond motifs is 1. The van der Waals surface area contributed by atoms with Crippen molar-refractivity contribution in [3.05, 3.63) is 56.7 Å². The first-order chi connectivity index (χ1) is 15.0. The van der Waals surface area contributed by atoms with E-state index in [2.05, 4.69) is 0 Å². The Kier molecular flexibility index (Phi) is 5.88. The number of methoxy groups -OCH3 is 2. The Hall–Kier alpha value is -3.04. The van der Waals surface area contributed by atoms with Gasteiger partial charge in [0.1, 0.15) is 17.9 Å². The number of hydrogen-bond acceptors (Lipinski definition) is 6. The van der Waals surface area contributed by atoms with Gasteiger partial charge in [0.05, 0.1) is 29.5 Å². The van der Waals surface area contributed by atoms with Crippen molar-refractivity contribution in [2.75, 3.05) is 27.3 Å². The molecule has 1 saturated heterocycles. The quantitative estimate of drug-likeness (QED) is 0.583. The van der Waals surface area contributed by atoms with E-state index in [1.807, 2.05) is 18.2 Å². The number of carbonyl (C=O) groups excluding carboxylic acids is 2. The van der Waals surface area contributed by atoms with Gasteiger partial charge in [-0.05, 0) is 30.7 Å². The maximum atomic E-state index is 13.4. The lowest BCUT2D eigenvalue weighted by Gasteiger charge is -2.29. The number of carbonyl (C=O) groups is 2. The molecule has 2 aromatic carbocycles. The fraction of sp³-hybridized carbons (Fsp3) is 0.286. The van der Waals surface area contributed by atoms with Gasteiger partial charge in [0.2, 0.25) is 0 Å². The predicted molar refractivity (Wildman–Crippen MR) is 118 cm³/mol. The lowest BCUT2D eigenvalue weighted by molar-refractivity contribution is -0.141. The number of para-hydroxylation sites is 1. The van der Waals surface area contributed by atoms with Crippen LogP contribution in [-0.2, 0) is 11.3 Å². The number of nitrogens with zero attached hydrogens (tertiary/aromatic N) is 3. The van der Waals surface area contributed by atoms with Crippen molar-refractivity contribution >= 4 is 45.0 Å². The van der Waals surface area contributed by atoms with E-state index >= 15 is 0 Å².